The molecule has 0 aromatic heterocycles. The number of carbonyl (C=O) groups excluding carboxylic acids is 1. The number of sulfonamides is 1. The van der Waals surface area contributed by atoms with Crippen LogP contribution in [0.25, 0.3) is 0 Å². The molecule has 1 rings (SSSR count). The first kappa shape index (κ1) is 20.3. The van der Waals surface area contributed by atoms with Gasteiger partial charge in [0.05, 0.1) is 9.82 Å². The minimum absolute atomic E-state index is 0.267. The number of carboxylic acid groups (broad SMARTS) is 1. The molecule has 1 aromatic carbocycles. The van der Waals surface area contributed by atoms with Crippen LogP contribution >= 0.6 is 0 Å². The first-order valence-electron chi connectivity index (χ1n) is 6.82. The standard InChI is InChI=1S/C13H17N3O8S/c1-13(2,3)24-12(19)15-9-5-4-8(6-10(9)16(20)21)25(22,23)14-7-11(17)18/h4-6,14H,7H2,1-3H3,(H,15,19)(H,17,18). The van der Waals surface area contributed by atoms with E-state index in [-0.39, 0.29) is 5.69 Å². The Morgan fingerprint density at radius 1 is 1.32 bits per heavy atom. The molecule has 0 aliphatic carbocycles. The fourth-order valence-electron chi connectivity index (χ4n) is 1.59. The van der Waals surface area contributed by atoms with Gasteiger partial charge in [0.1, 0.15) is 17.8 Å². The van der Waals surface area contributed by atoms with Crippen molar-refractivity contribution in [2.75, 3.05) is 11.9 Å². The molecule has 0 saturated carbocycles. The number of carboxylic acids is 1. The van der Waals surface area contributed by atoms with Crippen LogP contribution in [-0.4, -0.2) is 42.7 Å². The third-order valence-corrected chi connectivity index (χ3v) is 3.92. The highest BCUT2D eigenvalue weighted by Crippen LogP contribution is 2.28. The van der Waals surface area contributed by atoms with E-state index in [1.165, 1.54) is 0 Å². The van der Waals surface area contributed by atoms with Crippen LogP contribution in [-0.2, 0) is 19.6 Å². The quantitative estimate of drug-likeness (QED) is 0.494. The van der Waals surface area contributed by atoms with Gasteiger partial charge >= 0.3 is 12.1 Å². The van der Waals surface area contributed by atoms with Crippen molar-refractivity contribution in [2.24, 2.45) is 0 Å². The van der Waals surface area contributed by atoms with Crippen LogP contribution in [0.4, 0.5) is 16.2 Å². The summed E-state index contributed by atoms with van der Waals surface area (Å²) in [6.45, 7) is 3.92. The molecule has 0 fully saturated rings. The third kappa shape index (κ3) is 6.35. The summed E-state index contributed by atoms with van der Waals surface area (Å²) in [5.74, 6) is -1.42. The van der Waals surface area contributed by atoms with E-state index in [4.69, 9.17) is 9.84 Å². The van der Waals surface area contributed by atoms with Crippen LogP contribution in [0.15, 0.2) is 23.1 Å². The fraction of sp³-hybridized carbons (Fsp3) is 0.385. The topological polar surface area (TPSA) is 165 Å². The number of rotatable bonds is 6. The Hall–Kier alpha value is -2.73. The summed E-state index contributed by atoms with van der Waals surface area (Å²) in [6.07, 6.45) is -0.949. The number of hydrogen-bond acceptors (Lipinski definition) is 7. The van der Waals surface area contributed by atoms with Crippen molar-refractivity contribution < 1.29 is 32.8 Å². The summed E-state index contributed by atoms with van der Waals surface area (Å²) in [4.78, 5) is 31.9. The van der Waals surface area contributed by atoms with Crippen molar-refractivity contribution in [2.45, 2.75) is 31.3 Å². The Balaban J connectivity index is 3.14. The summed E-state index contributed by atoms with van der Waals surface area (Å²) in [5, 5.41) is 21.8. The number of ether oxygens (including phenoxy) is 1. The number of nitro benzene ring substituents is 1. The molecule has 1 amide bonds. The van der Waals surface area contributed by atoms with Gasteiger partial charge in [0, 0.05) is 6.07 Å². The summed E-state index contributed by atoms with van der Waals surface area (Å²) >= 11 is 0. The highest BCUT2D eigenvalue weighted by Gasteiger charge is 2.24. The summed E-state index contributed by atoms with van der Waals surface area (Å²) in [7, 11) is -4.26. The number of carbonyl (C=O) groups is 2. The molecule has 0 aliphatic rings. The predicted molar refractivity (Wildman–Crippen MR) is 85.8 cm³/mol. The molecular weight excluding hydrogens is 358 g/mol. The van der Waals surface area contributed by atoms with Crippen molar-refractivity contribution in [1.29, 1.82) is 0 Å². The molecule has 0 heterocycles. The van der Waals surface area contributed by atoms with Gasteiger partial charge in [-0.25, -0.2) is 13.2 Å². The number of hydrogen-bond donors (Lipinski definition) is 3. The molecule has 0 unspecified atom stereocenters. The smallest absolute Gasteiger partial charge is 0.412 e. The Labute approximate surface area is 143 Å². The monoisotopic (exact) mass is 375 g/mol. The third-order valence-electron chi connectivity index (χ3n) is 2.53. The van der Waals surface area contributed by atoms with Crippen molar-refractivity contribution in [3.63, 3.8) is 0 Å². The zero-order chi connectivity index (χ0) is 19.4. The number of amides is 1. The van der Waals surface area contributed by atoms with E-state index in [1.807, 2.05) is 0 Å². The Kier molecular flexibility index (Phi) is 6.05. The van der Waals surface area contributed by atoms with E-state index in [9.17, 15) is 28.1 Å². The lowest BCUT2D eigenvalue weighted by atomic mass is 10.2. The van der Waals surface area contributed by atoms with E-state index in [2.05, 4.69) is 5.32 Å². The number of nitrogens with zero attached hydrogens (tertiary/aromatic N) is 1. The van der Waals surface area contributed by atoms with Crippen molar-refractivity contribution >= 4 is 33.5 Å². The average Bonchev–Trinajstić information content (AvgIpc) is 2.43. The number of anilines is 1. The van der Waals surface area contributed by atoms with E-state index in [0.717, 1.165) is 12.1 Å². The molecule has 11 nitrogen and oxygen atoms in total. The van der Waals surface area contributed by atoms with Gasteiger partial charge in [0.15, 0.2) is 0 Å². The average molecular weight is 375 g/mol. The zero-order valence-corrected chi connectivity index (χ0v) is 14.4. The molecule has 0 spiro atoms. The first-order valence-corrected chi connectivity index (χ1v) is 8.30. The number of nitro groups is 1. The summed E-state index contributed by atoms with van der Waals surface area (Å²) in [6, 6.07) is 2.71. The van der Waals surface area contributed by atoms with E-state index < -0.39 is 49.7 Å². The second-order valence-electron chi connectivity index (χ2n) is 5.78. The Morgan fingerprint density at radius 3 is 2.40 bits per heavy atom. The molecular formula is C13H17N3O8S. The Morgan fingerprint density at radius 2 is 1.92 bits per heavy atom. The van der Waals surface area contributed by atoms with E-state index in [0.29, 0.717) is 6.07 Å². The molecule has 25 heavy (non-hydrogen) atoms. The fourth-order valence-corrected chi connectivity index (χ4v) is 2.58. The van der Waals surface area contributed by atoms with Crippen LogP contribution in [0.5, 0.6) is 0 Å². The van der Waals surface area contributed by atoms with Crippen LogP contribution in [0, 0.1) is 10.1 Å². The summed E-state index contributed by atoms with van der Waals surface area (Å²) < 4.78 is 30.6. The van der Waals surface area contributed by atoms with Gasteiger partial charge < -0.3 is 9.84 Å². The maximum atomic E-state index is 11.9. The molecule has 0 radical (unpaired) electrons. The molecule has 12 heteroatoms. The molecule has 0 bridgehead atoms. The zero-order valence-electron chi connectivity index (χ0n) is 13.6. The number of benzene rings is 1. The normalized spacial score (nSPS) is 11.6. The molecule has 138 valence electrons. The Bertz CT molecular complexity index is 798. The van der Waals surface area contributed by atoms with Gasteiger partial charge in [-0.2, -0.15) is 4.72 Å². The second kappa shape index (κ2) is 7.44. The van der Waals surface area contributed by atoms with E-state index >= 15 is 0 Å². The van der Waals surface area contributed by atoms with Gasteiger partial charge in [-0.15, -0.1) is 0 Å². The molecule has 0 aliphatic heterocycles. The summed E-state index contributed by atoms with van der Waals surface area (Å²) in [5.41, 5.74) is -1.79. The van der Waals surface area contributed by atoms with Crippen molar-refractivity contribution in [1.82, 2.24) is 4.72 Å². The lowest BCUT2D eigenvalue weighted by Gasteiger charge is -2.19. The number of nitrogens with one attached hydrogen (secondary N) is 2. The van der Waals surface area contributed by atoms with Crippen LogP contribution in [0.1, 0.15) is 20.8 Å². The van der Waals surface area contributed by atoms with Gasteiger partial charge in [-0.3, -0.25) is 20.2 Å². The maximum absolute atomic E-state index is 11.9. The molecule has 3 N–H and O–H groups in total. The predicted octanol–water partition coefficient (Wildman–Crippen LogP) is 1.30. The van der Waals surface area contributed by atoms with Crippen LogP contribution < -0.4 is 10.0 Å². The molecule has 1 aromatic rings. The van der Waals surface area contributed by atoms with Crippen molar-refractivity contribution in [3.8, 4) is 0 Å². The van der Waals surface area contributed by atoms with Gasteiger partial charge in [-0.1, -0.05) is 0 Å². The highest BCUT2D eigenvalue weighted by molar-refractivity contribution is 7.89. The number of aliphatic carboxylic acids is 1. The highest BCUT2D eigenvalue weighted by atomic mass is 32.2. The minimum Gasteiger partial charge on any atom is -0.480 e. The largest absolute Gasteiger partial charge is 0.480 e. The lowest BCUT2D eigenvalue weighted by molar-refractivity contribution is -0.384. The van der Waals surface area contributed by atoms with Gasteiger partial charge in [0.2, 0.25) is 10.0 Å². The first-order chi connectivity index (χ1) is 11.3. The lowest BCUT2D eigenvalue weighted by Crippen LogP contribution is -2.29. The molecule has 0 saturated heterocycles. The second-order valence-corrected chi connectivity index (χ2v) is 7.55. The van der Waals surface area contributed by atoms with Crippen LogP contribution in [0.3, 0.4) is 0 Å². The molecule has 0 atom stereocenters. The van der Waals surface area contributed by atoms with Crippen LogP contribution in [0.2, 0.25) is 0 Å². The minimum atomic E-state index is -4.26. The van der Waals surface area contributed by atoms with Gasteiger partial charge in [-0.05, 0) is 32.9 Å². The SMILES string of the molecule is CC(C)(C)OC(=O)Nc1ccc(S(=O)(=O)NCC(=O)O)cc1[N+](=O)[O-]. The van der Waals surface area contributed by atoms with Gasteiger partial charge in [0.25, 0.3) is 5.69 Å². The van der Waals surface area contributed by atoms with E-state index in [1.54, 1.807) is 25.5 Å². The van der Waals surface area contributed by atoms with Crippen molar-refractivity contribution in [3.05, 3.63) is 28.3 Å². The maximum Gasteiger partial charge on any atom is 0.412 e.